The lowest BCUT2D eigenvalue weighted by molar-refractivity contribution is 0.0923. The highest BCUT2D eigenvalue weighted by atomic mass is 79.9. The number of hydrogen-bond acceptors (Lipinski definition) is 2. The van der Waals surface area contributed by atoms with Crippen LogP contribution in [0.3, 0.4) is 0 Å². The molecule has 0 unspecified atom stereocenters. The normalized spacial score (nSPS) is 21.5. The van der Waals surface area contributed by atoms with E-state index >= 15 is 0 Å². The molecule has 116 valence electrons. The van der Waals surface area contributed by atoms with Crippen molar-refractivity contribution in [3.05, 3.63) is 46.7 Å². The number of rotatable bonds is 3. The highest BCUT2D eigenvalue weighted by Gasteiger charge is 2.20. The molecule has 1 aliphatic carbocycles. The second kappa shape index (κ2) is 6.65. The van der Waals surface area contributed by atoms with Gasteiger partial charge in [0.2, 0.25) is 0 Å². The molecule has 0 saturated heterocycles. The lowest BCUT2D eigenvalue weighted by Gasteiger charge is -2.26. The van der Waals surface area contributed by atoms with E-state index in [1.54, 1.807) is 10.9 Å². The van der Waals surface area contributed by atoms with E-state index in [-0.39, 0.29) is 5.91 Å². The molecule has 22 heavy (non-hydrogen) atoms. The molecule has 3 rings (SSSR count). The maximum Gasteiger partial charge on any atom is 0.251 e. The molecular formula is C17H20BrN3O. The summed E-state index contributed by atoms with van der Waals surface area (Å²) in [6, 6.07) is 7.86. The second-order valence-corrected chi connectivity index (χ2v) is 7.00. The first-order chi connectivity index (χ1) is 10.6. The standard InChI is InChI=1S/C17H20BrN3O/c1-12-2-6-15(7-3-12)20-17(22)13-4-8-16(9-5-13)21-11-14(18)10-19-21/h4-5,8-12,15H,2-3,6-7H2,1H3,(H,20,22). The molecule has 1 aliphatic rings. The second-order valence-electron chi connectivity index (χ2n) is 6.08. The smallest absolute Gasteiger partial charge is 0.251 e. The molecule has 1 aromatic carbocycles. The van der Waals surface area contributed by atoms with Gasteiger partial charge < -0.3 is 5.32 Å². The van der Waals surface area contributed by atoms with Crippen molar-refractivity contribution in [3.63, 3.8) is 0 Å². The summed E-state index contributed by atoms with van der Waals surface area (Å²) in [6.45, 7) is 2.28. The number of carbonyl (C=O) groups excluding carboxylic acids is 1. The van der Waals surface area contributed by atoms with Gasteiger partial charge in [0, 0.05) is 17.8 Å². The fourth-order valence-corrected chi connectivity index (χ4v) is 3.17. The molecule has 1 N–H and O–H groups in total. The molecule has 1 saturated carbocycles. The van der Waals surface area contributed by atoms with Crippen LogP contribution >= 0.6 is 15.9 Å². The molecule has 1 heterocycles. The third-order valence-corrected chi connectivity index (χ3v) is 4.71. The molecule has 5 heteroatoms. The van der Waals surface area contributed by atoms with Gasteiger partial charge in [0.1, 0.15) is 0 Å². The molecule has 0 radical (unpaired) electrons. The van der Waals surface area contributed by atoms with Crippen LogP contribution in [-0.4, -0.2) is 21.7 Å². The van der Waals surface area contributed by atoms with Crippen LogP contribution in [0.1, 0.15) is 43.0 Å². The van der Waals surface area contributed by atoms with Gasteiger partial charge in [-0.2, -0.15) is 5.10 Å². The number of aromatic nitrogens is 2. The van der Waals surface area contributed by atoms with Crippen LogP contribution in [-0.2, 0) is 0 Å². The largest absolute Gasteiger partial charge is 0.349 e. The van der Waals surface area contributed by atoms with E-state index < -0.39 is 0 Å². The van der Waals surface area contributed by atoms with Gasteiger partial charge in [-0.3, -0.25) is 4.79 Å². The molecule has 0 spiro atoms. The molecule has 4 nitrogen and oxygen atoms in total. The Morgan fingerprint density at radius 1 is 1.23 bits per heavy atom. The van der Waals surface area contributed by atoms with E-state index in [2.05, 4.69) is 33.3 Å². The van der Waals surface area contributed by atoms with Crippen molar-refractivity contribution in [2.24, 2.45) is 5.92 Å². The molecule has 2 aromatic rings. The fourth-order valence-electron chi connectivity index (χ4n) is 2.88. The van der Waals surface area contributed by atoms with Crippen LogP contribution < -0.4 is 5.32 Å². The van der Waals surface area contributed by atoms with Gasteiger partial charge in [0.05, 0.1) is 16.4 Å². The first-order valence-electron chi connectivity index (χ1n) is 7.73. The van der Waals surface area contributed by atoms with Crippen molar-refractivity contribution in [3.8, 4) is 5.69 Å². The van der Waals surface area contributed by atoms with E-state index in [1.165, 1.54) is 12.8 Å². The molecule has 1 amide bonds. The number of hydrogen-bond donors (Lipinski definition) is 1. The van der Waals surface area contributed by atoms with Gasteiger partial charge in [-0.25, -0.2) is 4.68 Å². The van der Waals surface area contributed by atoms with Crippen molar-refractivity contribution in [1.29, 1.82) is 0 Å². The lowest BCUT2D eigenvalue weighted by atomic mass is 9.87. The maximum atomic E-state index is 12.3. The lowest BCUT2D eigenvalue weighted by Crippen LogP contribution is -2.37. The zero-order valence-electron chi connectivity index (χ0n) is 12.6. The van der Waals surface area contributed by atoms with E-state index in [0.29, 0.717) is 11.6 Å². The third-order valence-electron chi connectivity index (χ3n) is 4.30. The number of carbonyl (C=O) groups is 1. The Kier molecular flexibility index (Phi) is 4.62. The minimum atomic E-state index is 0.0211. The summed E-state index contributed by atoms with van der Waals surface area (Å²) >= 11 is 3.38. The van der Waals surface area contributed by atoms with Crippen LogP contribution in [0.4, 0.5) is 0 Å². The molecule has 1 fully saturated rings. The third kappa shape index (κ3) is 3.58. The van der Waals surface area contributed by atoms with Gasteiger partial charge in [0.25, 0.3) is 5.91 Å². The van der Waals surface area contributed by atoms with Crippen molar-refractivity contribution in [2.45, 2.75) is 38.6 Å². The van der Waals surface area contributed by atoms with Gasteiger partial charge in [-0.15, -0.1) is 0 Å². The minimum Gasteiger partial charge on any atom is -0.349 e. The Hall–Kier alpha value is -1.62. The van der Waals surface area contributed by atoms with Crippen molar-refractivity contribution in [2.75, 3.05) is 0 Å². The van der Waals surface area contributed by atoms with Gasteiger partial charge >= 0.3 is 0 Å². The number of nitrogens with zero attached hydrogens (tertiary/aromatic N) is 2. The van der Waals surface area contributed by atoms with Gasteiger partial charge in [0.15, 0.2) is 0 Å². The Bertz CT molecular complexity index is 642. The van der Waals surface area contributed by atoms with Crippen LogP contribution in [0.25, 0.3) is 5.69 Å². The predicted octanol–water partition coefficient (Wildman–Crippen LogP) is 3.94. The van der Waals surface area contributed by atoms with Gasteiger partial charge in [-0.1, -0.05) is 6.92 Å². The van der Waals surface area contributed by atoms with Crippen LogP contribution in [0.5, 0.6) is 0 Å². The topological polar surface area (TPSA) is 46.9 Å². The van der Waals surface area contributed by atoms with Crippen LogP contribution in [0.2, 0.25) is 0 Å². The monoisotopic (exact) mass is 361 g/mol. The summed E-state index contributed by atoms with van der Waals surface area (Å²) in [5.74, 6) is 0.813. The summed E-state index contributed by atoms with van der Waals surface area (Å²) in [5, 5.41) is 7.38. The van der Waals surface area contributed by atoms with Crippen molar-refractivity contribution < 1.29 is 4.79 Å². The zero-order chi connectivity index (χ0) is 15.5. The number of amides is 1. The fraction of sp³-hybridized carbons (Fsp3) is 0.412. The van der Waals surface area contributed by atoms with Gasteiger partial charge in [-0.05, 0) is 71.8 Å². The van der Waals surface area contributed by atoms with Crippen molar-refractivity contribution in [1.82, 2.24) is 15.1 Å². The molecule has 0 atom stereocenters. The molecular weight excluding hydrogens is 342 g/mol. The first-order valence-corrected chi connectivity index (χ1v) is 8.52. The van der Waals surface area contributed by atoms with Crippen molar-refractivity contribution >= 4 is 21.8 Å². The SMILES string of the molecule is CC1CCC(NC(=O)c2ccc(-n3cc(Br)cn3)cc2)CC1. The zero-order valence-corrected chi connectivity index (χ0v) is 14.2. The average Bonchev–Trinajstić information content (AvgIpc) is 2.96. The highest BCUT2D eigenvalue weighted by Crippen LogP contribution is 2.23. The number of halogens is 1. The number of nitrogens with one attached hydrogen (secondary N) is 1. The van der Waals surface area contributed by atoms with E-state index in [1.807, 2.05) is 30.5 Å². The summed E-state index contributed by atoms with van der Waals surface area (Å²) in [6.07, 6.45) is 8.22. The van der Waals surface area contributed by atoms with Crippen LogP contribution in [0.15, 0.2) is 41.1 Å². The molecule has 1 aromatic heterocycles. The Morgan fingerprint density at radius 2 is 1.91 bits per heavy atom. The first kappa shape index (κ1) is 15.3. The summed E-state index contributed by atoms with van der Waals surface area (Å²) in [4.78, 5) is 12.3. The molecule has 0 bridgehead atoms. The number of benzene rings is 1. The average molecular weight is 362 g/mol. The van der Waals surface area contributed by atoms with E-state index in [4.69, 9.17) is 0 Å². The van der Waals surface area contributed by atoms with E-state index in [9.17, 15) is 4.79 Å². The van der Waals surface area contributed by atoms with Crippen LogP contribution in [0, 0.1) is 5.92 Å². The summed E-state index contributed by atoms with van der Waals surface area (Å²) in [5.41, 5.74) is 1.64. The quantitative estimate of drug-likeness (QED) is 0.899. The minimum absolute atomic E-state index is 0.0211. The van der Waals surface area contributed by atoms with E-state index in [0.717, 1.165) is 28.9 Å². The predicted molar refractivity (Wildman–Crippen MR) is 90.2 cm³/mol. The Balaban J connectivity index is 1.63. The summed E-state index contributed by atoms with van der Waals surface area (Å²) in [7, 11) is 0. The highest BCUT2D eigenvalue weighted by molar-refractivity contribution is 9.10. The maximum absolute atomic E-state index is 12.3. The molecule has 0 aliphatic heterocycles. The Labute approximate surface area is 139 Å². The summed E-state index contributed by atoms with van der Waals surface area (Å²) < 4.78 is 2.70. The Morgan fingerprint density at radius 3 is 2.50 bits per heavy atom.